The third-order valence-corrected chi connectivity index (χ3v) is 2.83. The van der Waals surface area contributed by atoms with Gasteiger partial charge in [0.2, 0.25) is 0 Å². The van der Waals surface area contributed by atoms with Crippen LogP contribution in [0.5, 0.6) is 0 Å². The fraction of sp³-hybridized carbons (Fsp3) is 0.0769. The molecule has 108 valence electrons. The van der Waals surface area contributed by atoms with E-state index in [1.807, 2.05) is 0 Å². The number of carbonyl (C=O) groups excluding carboxylic acids is 1. The van der Waals surface area contributed by atoms with Gasteiger partial charge in [0, 0.05) is 12.7 Å². The van der Waals surface area contributed by atoms with Crippen LogP contribution in [-0.4, -0.2) is 22.9 Å². The lowest BCUT2D eigenvalue weighted by molar-refractivity contribution is -0.385. The second-order valence-electron chi connectivity index (χ2n) is 4.23. The minimum Gasteiger partial charge on any atom is -0.384 e. The summed E-state index contributed by atoms with van der Waals surface area (Å²) in [5, 5.41) is 10.9. The van der Waals surface area contributed by atoms with Crippen molar-refractivity contribution < 1.29 is 14.1 Å². The first-order valence-electron chi connectivity index (χ1n) is 5.83. The molecule has 1 aromatic carbocycles. The summed E-state index contributed by atoms with van der Waals surface area (Å²) in [5.41, 5.74) is 5.06. The van der Waals surface area contributed by atoms with Gasteiger partial charge in [-0.3, -0.25) is 14.9 Å². The molecular weight excluding hydrogens is 279 g/mol. The predicted octanol–water partition coefficient (Wildman–Crippen LogP) is 1.99. The molecule has 0 fully saturated rings. The van der Waals surface area contributed by atoms with Crippen molar-refractivity contribution >= 4 is 23.1 Å². The highest BCUT2D eigenvalue weighted by Gasteiger charge is 2.24. The summed E-state index contributed by atoms with van der Waals surface area (Å²) < 4.78 is 13.2. The summed E-state index contributed by atoms with van der Waals surface area (Å²) in [4.78, 5) is 27.3. The fourth-order valence-electron chi connectivity index (χ4n) is 1.76. The number of anilines is 2. The molecule has 0 bridgehead atoms. The van der Waals surface area contributed by atoms with Crippen molar-refractivity contribution in [3.05, 3.63) is 58.0 Å². The van der Waals surface area contributed by atoms with Gasteiger partial charge in [0.25, 0.3) is 11.6 Å². The number of nitrogens with two attached hydrogens (primary N) is 1. The predicted molar refractivity (Wildman–Crippen MR) is 74.4 cm³/mol. The first kappa shape index (κ1) is 14.4. The van der Waals surface area contributed by atoms with Crippen LogP contribution in [0.25, 0.3) is 0 Å². The number of benzene rings is 1. The van der Waals surface area contributed by atoms with Crippen molar-refractivity contribution in [1.82, 2.24) is 4.98 Å². The van der Waals surface area contributed by atoms with Gasteiger partial charge < -0.3 is 10.6 Å². The molecule has 0 spiro atoms. The molecule has 0 radical (unpaired) electrons. The van der Waals surface area contributed by atoms with Gasteiger partial charge in [-0.1, -0.05) is 6.07 Å². The van der Waals surface area contributed by atoms with E-state index in [0.717, 1.165) is 23.2 Å². The number of nitrogen functional groups attached to an aromatic ring is 1. The van der Waals surface area contributed by atoms with Crippen LogP contribution < -0.4 is 10.6 Å². The molecule has 21 heavy (non-hydrogen) atoms. The van der Waals surface area contributed by atoms with E-state index >= 15 is 0 Å². The van der Waals surface area contributed by atoms with Crippen LogP contribution in [-0.2, 0) is 0 Å². The maximum Gasteiger partial charge on any atom is 0.300 e. The number of nitrogens with zero attached hydrogens (tertiary/aromatic N) is 3. The highest BCUT2D eigenvalue weighted by Crippen LogP contribution is 2.23. The molecule has 0 atom stereocenters. The van der Waals surface area contributed by atoms with E-state index in [4.69, 9.17) is 5.73 Å². The molecule has 8 heteroatoms. The fourth-order valence-corrected chi connectivity index (χ4v) is 1.76. The molecule has 0 saturated carbocycles. The zero-order valence-corrected chi connectivity index (χ0v) is 11.0. The summed E-state index contributed by atoms with van der Waals surface area (Å²) in [5.74, 6) is -1.21. The van der Waals surface area contributed by atoms with Crippen LogP contribution in [0.2, 0.25) is 0 Å². The average molecular weight is 290 g/mol. The molecule has 0 aliphatic heterocycles. The molecule has 1 amide bonds. The van der Waals surface area contributed by atoms with Gasteiger partial charge in [0.15, 0.2) is 0 Å². The number of rotatable bonds is 3. The Kier molecular flexibility index (Phi) is 3.79. The van der Waals surface area contributed by atoms with E-state index in [1.54, 1.807) is 0 Å². The number of nitro groups is 1. The Morgan fingerprint density at radius 2 is 2.14 bits per heavy atom. The molecule has 1 heterocycles. The van der Waals surface area contributed by atoms with Crippen molar-refractivity contribution in [2.75, 3.05) is 17.7 Å². The Hall–Kier alpha value is -3.03. The number of hydrogen-bond acceptors (Lipinski definition) is 5. The topological polar surface area (TPSA) is 102 Å². The highest BCUT2D eigenvalue weighted by atomic mass is 19.1. The Morgan fingerprint density at radius 3 is 2.76 bits per heavy atom. The van der Waals surface area contributed by atoms with E-state index in [1.165, 1.54) is 25.2 Å². The van der Waals surface area contributed by atoms with Crippen molar-refractivity contribution in [3.8, 4) is 0 Å². The van der Waals surface area contributed by atoms with Gasteiger partial charge in [-0.15, -0.1) is 0 Å². The van der Waals surface area contributed by atoms with Crippen LogP contribution >= 0.6 is 0 Å². The molecule has 2 rings (SSSR count). The number of hydrogen-bond donors (Lipinski definition) is 1. The second-order valence-corrected chi connectivity index (χ2v) is 4.23. The average Bonchev–Trinajstić information content (AvgIpc) is 2.45. The molecule has 2 aromatic rings. The summed E-state index contributed by atoms with van der Waals surface area (Å²) in [6, 6.07) is 6.44. The third-order valence-electron chi connectivity index (χ3n) is 2.83. The molecule has 0 saturated heterocycles. The molecule has 0 aliphatic carbocycles. The van der Waals surface area contributed by atoms with Gasteiger partial charge >= 0.3 is 0 Å². The molecule has 0 unspecified atom stereocenters. The zero-order chi connectivity index (χ0) is 15.6. The normalized spacial score (nSPS) is 10.2. The molecule has 1 aromatic heterocycles. The third kappa shape index (κ3) is 2.94. The molecule has 7 nitrogen and oxygen atoms in total. The van der Waals surface area contributed by atoms with E-state index in [2.05, 4.69) is 4.98 Å². The summed E-state index contributed by atoms with van der Waals surface area (Å²) in [6.45, 7) is 0. The van der Waals surface area contributed by atoms with E-state index in [-0.39, 0.29) is 17.1 Å². The van der Waals surface area contributed by atoms with Crippen molar-refractivity contribution in [2.45, 2.75) is 0 Å². The maximum absolute atomic E-state index is 13.2. The van der Waals surface area contributed by atoms with Gasteiger partial charge in [0.05, 0.1) is 4.92 Å². The molecule has 0 aliphatic rings. The lowest BCUT2D eigenvalue weighted by Gasteiger charge is -2.17. The van der Waals surface area contributed by atoms with Gasteiger partial charge in [-0.05, 0) is 24.3 Å². The quantitative estimate of drug-likeness (QED) is 0.687. The van der Waals surface area contributed by atoms with E-state index < -0.39 is 22.3 Å². The highest BCUT2D eigenvalue weighted by molar-refractivity contribution is 6.08. The van der Waals surface area contributed by atoms with Crippen molar-refractivity contribution in [3.63, 3.8) is 0 Å². The zero-order valence-electron chi connectivity index (χ0n) is 11.0. The number of amides is 1. The largest absolute Gasteiger partial charge is 0.384 e. The van der Waals surface area contributed by atoms with Crippen LogP contribution in [0.15, 0.2) is 36.5 Å². The lowest BCUT2D eigenvalue weighted by atomic mass is 10.2. The standard InChI is InChI=1S/C13H11FN4O3/c1-17(9-4-2-3-8(14)5-9)13(19)10-6-12(15)16-7-11(10)18(20)21/h2-7H,1H3,(H2,15,16). The van der Waals surface area contributed by atoms with E-state index in [9.17, 15) is 19.3 Å². The van der Waals surface area contributed by atoms with Gasteiger partial charge in [-0.25, -0.2) is 9.37 Å². The Balaban J connectivity index is 2.44. The minimum atomic E-state index is -0.723. The smallest absolute Gasteiger partial charge is 0.300 e. The van der Waals surface area contributed by atoms with E-state index in [0.29, 0.717) is 0 Å². The number of pyridine rings is 1. The Morgan fingerprint density at radius 1 is 1.43 bits per heavy atom. The van der Waals surface area contributed by atoms with Gasteiger partial charge in [0.1, 0.15) is 23.4 Å². The number of carbonyl (C=O) groups is 1. The Labute approximate surface area is 119 Å². The first-order valence-corrected chi connectivity index (χ1v) is 5.83. The van der Waals surface area contributed by atoms with Crippen LogP contribution in [0.4, 0.5) is 21.6 Å². The summed E-state index contributed by atoms with van der Waals surface area (Å²) in [6.07, 6.45) is 0.919. The van der Waals surface area contributed by atoms with Crippen molar-refractivity contribution in [1.29, 1.82) is 0 Å². The monoisotopic (exact) mass is 290 g/mol. The van der Waals surface area contributed by atoms with Crippen LogP contribution in [0.3, 0.4) is 0 Å². The maximum atomic E-state index is 13.2. The SMILES string of the molecule is CN(C(=O)c1cc(N)ncc1[N+](=O)[O-])c1cccc(F)c1. The minimum absolute atomic E-state index is 0.0170. The first-order chi connectivity index (χ1) is 9.90. The Bertz CT molecular complexity index is 720. The van der Waals surface area contributed by atoms with Crippen LogP contribution in [0, 0.1) is 15.9 Å². The summed E-state index contributed by atoms with van der Waals surface area (Å²) in [7, 11) is 1.39. The number of halogens is 1. The van der Waals surface area contributed by atoms with Crippen LogP contribution in [0.1, 0.15) is 10.4 Å². The molecular formula is C13H11FN4O3. The summed E-state index contributed by atoms with van der Waals surface area (Å²) >= 11 is 0. The molecule has 2 N–H and O–H groups in total. The second kappa shape index (κ2) is 5.53. The number of aromatic nitrogens is 1. The van der Waals surface area contributed by atoms with Gasteiger partial charge in [-0.2, -0.15) is 0 Å². The lowest BCUT2D eigenvalue weighted by Crippen LogP contribution is -2.27. The van der Waals surface area contributed by atoms with Crippen molar-refractivity contribution in [2.24, 2.45) is 0 Å².